The summed E-state index contributed by atoms with van der Waals surface area (Å²) < 4.78 is 0. The number of carbonyl (C=O) groups is 1. The molecule has 3 rings (SSSR count). The van der Waals surface area contributed by atoms with Gasteiger partial charge in [0.1, 0.15) is 6.04 Å². The number of aliphatic hydroxyl groups is 1. The number of rotatable bonds is 7. The molecule has 2 aliphatic rings. The van der Waals surface area contributed by atoms with E-state index in [-0.39, 0.29) is 24.6 Å². The maximum absolute atomic E-state index is 12.8. The van der Waals surface area contributed by atoms with Crippen LogP contribution in [0.4, 0.5) is 0 Å². The summed E-state index contributed by atoms with van der Waals surface area (Å²) in [5.74, 6) is 0.131. The Labute approximate surface area is 144 Å². The Morgan fingerprint density at radius 2 is 1.79 bits per heavy atom. The predicted octanol–water partition coefficient (Wildman–Crippen LogP) is 1.39. The van der Waals surface area contributed by atoms with Crippen LogP contribution in [0.1, 0.15) is 37.8 Å². The number of piperazine rings is 1. The molecule has 2 N–H and O–H groups in total. The molecule has 1 saturated heterocycles. The van der Waals surface area contributed by atoms with Gasteiger partial charge < -0.3 is 10.4 Å². The highest BCUT2D eigenvalue weighted by molar-refractivity contribution is 5.83. The standard InChI is InChI=1S/C19H29N3O2/c1-2-17(14-23)21-10-12-22(13-11-21)18(15-6-4-3-5-7-15)19(24)20-16-8-9-16/h3-7,16-18,23H,2,8-14H2,1H3,(H,20,24). The van der Waals surface area contributed by atoms with Crippen LogP contribution in [-0.2, 0) is 4.79 Å². The summed E-state index contributed by atoms with van der Waals surface area (Å²) >= 11 is 0. The van der Waals surface area contributed by atoms with Gasteiger partial charge in [0.15, 0.2) is 0 Å². The molecular weight excluding hydrogens is 302 g/mol. The number of benzene rings is 1. The average molecular weight is 331 g/mol. The fourth-order valence-corrected chi connectivity index (χ4v) is 3.53. The summed E-state index contributed by atoms with van der Waals surface area (Å²) in [6.07, 6.45) is 3.17. The van der Waals surface area contributed by atoms with Crippen LogP contribution in [0.2, 0.25) is 0 Å². The number of amides is 1. The number of nitrogens with zero attached hydrogens (tertiary/aromatic N) is 2. The Bertz CT molecular complexity index is 521. The Morgan fingerprint density at radius 3 is 2.33 bits per heavy atom. The highest BCUT2D eigenvalue weighted by Crippen LogP contribution is 2.26. The minimum Gasteiger partial charge on any atom is -0.395 e. The van der Waals surface area contributed by atoms with Crippen molar-refractivity contribution in [1.29, 1.82) is 0 Å². The minimum absolute atomic E-state index is 0.131. The van der Waals surface area contributed by atoms with Crippen LogP contribution >= 0.6 is 0 Å². The highest BCUT2D eigenvalue weighted by atomic mass is 16.3. The fraction of sp³-hybridized carbons (Fsp3) is 0.632. The fourth-order valence-electron chi connectivity index (χ4n) is 3.53. The summed E-state index contributed by atoms with van der Waals surface area (Å²) in [5, 5.41) is 12.7. The molecule has 1 heterocycles. The van der Waals surface area contributed by atoms with Crippen LogP contribution < -0.4 is 5.32 Å². The first-order valence-electron chi connectivity index (χ1n) is 9.17. The zero-order chi connectivity index (χ0) is 16.9. The largest absolute Gasteiger partial charge is 0.395 e. The van der Waals surface area contributed by atoms with Crippen molar-refractivity contribution in [3.63, 3.8) is 0 Å². The molecule has 2 unspecified atom stereocenters. The van der Waals surface area contributed by atoms with Gasteiger partial charge in [0.05, 0.1) is 6.61 Å². The third kappa shape index (κ3) is 4.15. The molecule has 1 amide bonds. The van der Waals surface area contributed by atoms with Crippen LogP contribution in [0, 0.1) is 0 Å². The molecule has 1 aromatic rings. The minimum atomic E-state index is -0.205. The van der Waals surface area contributed by atoms with Gasteiger partial charge in [0.2, 0.25) is 5.91 Å². The molecule has 5 nitrogen and oxygen atoms in total. The van der Waals surface area contributed by atoms with Gasteiger partial charge in [0.25, 0.3) is 0 Å². The Balaban J connectivity index is 1.68. The van der Waals surface area contributed by atoms with Crippen molar-refractivity contribution >= 4 is 5.91 Å². The molecule has 0 bridgehead atoms. The first-order chi connectivity index (χ1) is 11.7. The van der Waals surface area contributed by atoms with E-state index in [4.69, 9.17) is 0 Å². The normalized spacial score (nSPS) is 22.1. The van der Waals surface area contributed by atoms with E-state index in [1.165, 1.54) is 0 Å². The Hall–Kier alpha value is -1.43. The van der Waals surface area contributed by atoms with Crippen LogP contribution in [0.15, 0.2) is 30.3 Å². The van der Waals surface area contributed by atoms with Gasteiger partial charge in [-0.1, -0.05) is 37.3 Å². The summed E-state index contributed by atoms with van der Waals surface area (Å²) in [5.41, 5.74) is 1.07. The van der Waals surface area contributed by atoms with Gasteiger partial charge in [-0.25, -0.2) is 0 Å². The van der Waals surface area contributed by atoms with E-state index in [0.717, 1.165) is 51.0 Å². The van der Waals surface area contributed by atoms with E-state index in [1.807, 2.05) is 30.3 Å². The van der Waals surface area contributed by atoms with Crippen molar-refractivity contribution < 1.29 is 9.90 Å². The van der Waals surface area contributed by atoms with E-state index < -0.39 is 0 Å². The summed E-state index contributed by atoms with van der Waals surface area (Å²) in [7, 11) is 0. The summed E-state index contributed by atoms with van der Waals surface area (Å²) in [6, 6.07) is 10.5. The Morgan fingerprint density at radius 1 is 1.17 bits per heavy atom. The molecule has 2 fully saturated rings. The van der Waals surface area contributed by atoms with Crippen molar-refractivity contribution in [2.24, 2.45) is 0 Å². The van der Waals surface area contributed by atoms with Crippen molar-refractivity contribution in [3.8, 4) is 0 Å². The smallest absolute Gasteiger partial charge is 0.242 e. The van der Waals surface area contributed by atoms with Crippen molar-refractivity contribution in [3.05, 3.63) is 35.9 Å². The second-order valence-electron chi connectivity index (χ2n) is 6.91. The highest BCUT2D eigenvalue weighted by Gasteiger charge is 2.34. The number of hydrogen-bond donors (Lipinski definition) is 2. The third-order valence-corrected chi connectivity index (χ3v) is 5.20. The lowest BCUT2D eigenvalue weighted by molar-refractivity contribution is -0.127. The summed E-state index contributed by atoms with van der Waals surface area (Å²) in [4.78, 5) is 17.4. The van der Waals surface area contributed by atoms with E-state index in [1.54, 1.807) is 0 Å². The number of carbonyl (C=O) groups excluding carboxylic acids is 1. The molecule has 5 heteroatoms. The zero-order valence-corrected chi connectivity index (χ0v) is 14.5. The van der Waals surface area contributed by atoms with Crippen LogP contribution in [0.5, 0.6) is 0 Å². The number of nitrogens with one attached hydrogen (secondary N) is 1. The van der Waals surface area contributed by atoms with Crippen LogP contribution in [0.25, 0.3) is 0 Å². The molecule has 1 aliphatic heterocycles. The molecule has 24 heavy (non-hydrogen) atoms. The monoisotopic (exact) mass is 331 g/mol. The topological polar surface area (TPSA) is 55.8 Å². The van der Waals surface area contributed by atoms with Crippen LogP contribution in [-0.4, -0.2) is 65.7 Å². The van der Waals surface area contributed by atoms with Gasteiger partial charge >= 0.3 is 0 Å². The van der Waals surface area contributed by atoms with Gasteiger partial charge in [0, 0.05) is 38.3 Å². The number of hydrogen-bond acceptors (Lipinski definition) is 4. The first kappa shape index (κ1) is 17.4. The SMILES string of the molecule is CCC(CO)N1CCN(C(C(=O)NC2CC2)c2ccccc2)CC1. The first-order valence-corrected chi connectivity index (χ1v) is 9.17. The number of aliphatic hydroxyl groups excluding tert-OH is 1. The van der Waals surface area contributed by atoms with E-state index >= 15 is 0 Å². The van der Waals surface area contributed by atoms with E-state index in [0.29, 0.717) is 6.04 Å². The van der Waals surface area contributed by atoms with Crippen molar-refractivity contribution in [2.45, 2.75) is 44.3 Å². The Kier molecular flexibility index (Phi) is 5.87. The van der Waals surface area contributed by atoms with Gasteiger partial charge in [-0.05, 0) is 24.8 Å². The second-order valence-corrected chi connectivity index (χ2v) is 6.91. The lowest BCUT2D eigenvalue weighted by Gasteiger charge is -2.41. The van der Waals surface area contributed by atoms with Gasteiger partial charge in [-0.3, -0.25) is 14.6 Å². The maximum atomic E-state index is 12.8. The molecule has 0 aromatic heterocycles. The van der Waals surface area contributed by atoms with Crippen LogP contribution in [0.3, 0.4) is 0 Å². The summed E-state index contributed by atoms with van der Waals surface area (Å²) in [6.45, 7) is 5.84. The van der Waals surface area contributed by atoms with E-state index in [9.17, 15) is 9.90 Å². The molecule has 2 atom stereocenters. The van der Waals surface area contributed by atoms with Crippen molar-refractivity contribution in [1.82, 2.24) is 15.1 Å². The molecule has 132 valence electrons. The van der Waals surface area contributed by atoms with Gasteiger partial charge in [-0.2, -0.15) is 0 Å². The van der Waals surface area contributed by atoms with E-state index in [2.05, 4.69) is 22.0 Å². The average Bonchev–Trinajstić information content (AvgIpc) is 3.42. The quantitative estimate of drug-likeness (QED) is 0.793. The molecule has 1 aliphatic carbocycles. The lowest BCUT2D eigenvalue weighted by Crippen LogP contribution is -2.54. The molecule has 1 aromatic carbocycles. The predicted molar refractivity (Wildman–Crippen MR) is 94.7 cm³/mol. The molecule has 0 spiro atoms. The second kappa shape index (κ2) is 8.10. The molecular formula is C19H29N3O2. The van der Waals surface area contributed by atoms with Gasteiger partial charge in [-0.15, -0.1) is 0 Å². The molecule has 1 saturated carbocycles. The zero-order valence-electron chi connectivity index (χ0n) is 14.5. The van der Waals surface area contributed by atoms with Crippen molar-refractivity contribution in [2.75, 3.05) is 32.8 Å². The third-order valence-electron chi connectivity index (χ3n) is 5.20. The lowest BCUT2D eigenvalue weighted by atomic mass is 10.0. The maximum Gasteiger partial charge on any atom is 0.242 e. The molecule has 0 radical (unpaired) electrons.